The molecule has 0 aromatic rings. The van der Waals surface area contributed by atoms with Crippen LogP contribution in [0.3, 0.4) is 0 Å². The predicted molar refractivity (Wildman–Crippen MR) is 187 cm³/mol. The second-order valence-electron chi connectivity index (χ2n) is 12.5. The number of allylic oxidation sites excluding steroid dienone is 4. The number of rotatable bonds is 33. The standard InChI is InChI=1S/C39H70O6/c1-4-7-10-13-16-18-20-22-23-26-29-32-38(41)44-35-36(34-43-37(40)31-28-25-15-12-9-6-3)45-39(42)33-30-27-24-21-19-17-14-11-8-5-2/h11,13-14,16,36H,4-10,12,15,17-35H2,1-3H3/b14-11-,16-13-. The zero-order valence-electron chi connectivity index (χ0n) is 29.6. The smallest absolute Gasteiger partial charge is 0.306 e. The van der Waals surface area contributed by atoms with Gasteiger partial charge in [-0.05, 0) is 57.8 Å². The third-order valence-electron chi connectivity index (χ3n) is 7.91. The van der Waals surface area contributed by atoms with E-state index in [9.17, 15) is 14.4 Å². The summed E-state index contributed by atoms with van der Waals surface area (Å²) in [4.78, 5) is 37.2. The Kier molecular flexibility index (Phi) is 33.1. The van der Waals surface area contributed by atoms with Crippen LogP contribution in [0, 0.1) is 0 Å². The van der Waals surface area contributed by atoms with Gasteiger partial charge in [0.1, 0.15) is 13.2 Å². The van der Waals surface area contributed by atoms with Gasteiger partial charge < -0.3 is 14.2 Å². The molecule has 1 atom stereocenters. The molecule has 0 radical (unpaired) electrons. The molecule has 6 heteroatoms. The van der Waals surface area contributed by atoms with Crippen LogP contribution >= 0.6 is 0 Å². The molecule has 0 aliphatic rings. The van der Waals surface area contributed by atoms with Crippen LogP contribution in [-0.4, -0.2) is 37.2 Å². The first kappa shape index (κ1) is 42.9. The van der Waals surface area contributed by atoms with E-state index >= 15 is 0 Å². The molecule has 0 heterocycles. The van der Waals surface area contributed by atoms with Gasteiger partial charge in [-0.1, -0.05) is 135 Å². The first-order chi connectivity index (χ1) is 22.0. The number of carbonyl (C=O) groups is 3. The minimum Gasteiger partial charge on any atom is -0.462 e. The number of ether oxygens (including phenoxy) is 3. The zero-order valence-corrected chi connectivity index (χ0v) is 29.6. The van der Waals surface area contributed by atoms with Crippen molar-refractivity contribution in [2.75, 3.05) is 13.2 Å². The molecular formula is C39H70O6. The summed E-state index contributed by atoms with van der Waals surface area (Å²) >= 11 is 0. The molecule has 0 fully saturated rings. The van der Waals surface area contributed by atoms with Crippen LogP contribution < -0.4 is 0 Å². The zero-order chi connectivity index (χ0) is 33.1. The fourth-order valence-corrected chi connectivity index (χ4v) is 5.01. The van der Waals surface area contributed by atoms with Crippen LogP contribution in [0.2, 0.25) is 0 Å². The van der Waals surface area contributed by atoms with Gasteiger partial charge in [-0.15, -0.1) is 0 Å². The highest BCUT2D eigenvalue weighted by atomic mass is 16.6. The van der Waals surface area contributed by atoms with Crippen LogP contribution in [0.25, 0.3) is 0 Å². The maximum absolute atomic E-state index is 12.5. The summed E-state index contributed by atoms with van der Waals surface area (Å²) < 4.78 is 16.5. The second-order valence-corrected chi connectivity index (χ2v) is 12.5. The lowest BCUT2D eigenvalue weighted by atomic mass is 10.1. The van der Waals surface area contributed by atoms with Crippen molar-refractivity contribution in [1.82, 2.24) is 0 Å². The van der Waals surface area contributed by atoms with Gasteiger partial charge in [0.2, 0.25) is 0 Å². The topological polar surface area (TPSA) is 78.9 Å². The van der Waals surface area contributed by atoms with Crippen molar-refractivity contribution in [3.05, 3.63) is 24.3 Å². The number of unbranched alkanes of at least 4 members (excludes halogenated alkanes) is 18. The van der Waals surface area contributed by atoms with Gasteiger partial charge in [0.15, 0.2) is 6.10 Å². The third-order valence-corrected chi connectivity index (χ3v) is 7.91. The van der Waals surface area contributed by atoms with E-state index in [-0.39, 0.29) is 31.1 Å². The normalized spacial score (nSPS) is 12.2. The molecule has 0 rings (SSSR count). The van der Waals surface area contributed by atoms with Gasteiger partial charge in [-0.3, -0.25) is 14.4 Å². The lowest BCUT2D eigenvalue weighted by Crippen LogP contribution is -2.30. The Morgan fingerprint density at radius 2 is 0.800 bits per heavy atom. The molecule has 0 saturated heterocycles. The summed E-state index contributed by atoms with van der Waals surface area (Å²) in [6, 6.07) is 0. The quantitative estimate of drug-likeness (QED) is 0.0309. The Bertz CT molecular complexity index is 744. The molecule has 0 aromatic carbocycles. The van der Waals surface area contributed by atoms with E-state index in [1.165, 1.54) is 64.2 Å². The minimum atomic E-state index is -0.768. The van der Waals surface area contributed by atoms with Crippen LogP contribution in [0.5, 0.6) is 0 Å². The molecule has 0 amide bonds. The summed E-state index contributed by atoms with van der Waals surface area (Å²) in [7, 11) is 0. The van der Waals surface area contributed by atoms with Crippen molar-refractivity contribution < 1.29 is 28.6 Å². The number of esters is 3. The highest BCUT2D eigenvalue weighted by Crippen LogP contribution is 2.12. The summed E-state index contributed by atoms with van der Waals surface area (Å²) in [5.41, 5.74) is 0. The van der Waals surface area contributed by atoms with E-state index < -0.39 is 6.10 Å². The van der Waals surface area contributed by atoms with Crippen molar-refractivity contribution in [2.24, 2.45) is 0 Å². The molecule has 0 saturated carbocycles. The monoisotopic (exact) mass is 635 g/mol. The summed E-state index contributed by atoms with van der Waals surface area (Å²) in [6.07, 6.45) is 34.6. The van der Waals surface area contributed by atoms with Crippen LogP contribution in [-0.2, 0) is 28.6 Å². The van der Waals surface area contributed by atoms with E-state index in [1.54, 1.807) is 0 Å². The van der Waals surface area contributed by atoms with Gasteiger partial charge in [0, 0.05) is 19.3 Å². The van der Waals surface area contributed by atoms with Crippen molar-refractivity contribution >= 4 is 17.9 Å². The van der Waals surface area contributed by atoms with Crippen LogP contribution in [0.1, 0.15) is 188 Å². The second kappa shape index (κ2) is 34.8. The molecule has 262 valence electrons. The van der Waals surface area contributed by atoms with Crippen LogP contribution in [0.15, 0.2) is 24.3 Å². The van der Waals surface area contributed by atoms with Crippen molar-refractivity contribution in [3.63, 3.8) is 0 Å². The van der Waals surface area contributed by atoms with E-state index in [4.69, 9.17) is 14.2 Å². The SMILES string of the molecule is CCC/C=C\CCCCCCCC(=O)OC(COC(=O)CCCCCCCC)COC(=O)CCCCCCC/C=C\CCCC. The van der Waals surface area contributed by atoms with Crippen molar-refractivity contribution in [2.45, 2.75) is 194 Å². The summed E-state index contributed by atoms with van der Waals surface area (Å²) in [5, 5.41) is 0. The summed E-state index contributed by atoms with van der Waals surface area (Å²) in [6.45, 7) is 6.43. The molecule has 0 bridgehead atoms. The molecular weight excluding hydrogens is 564 g/mol. The van der Waals surface area contributed by atoms with E-state index in [2.05, 4.69) is 45.1 Å². The number of hydrogen-bond donors (Lipinski definition) is 0. The van der Waals surface area contributed by atoms with Crippen molar-refractivity contribution in [1.29, 1.82) is 0 Å². The lowest BCUT2D eigenvalue weighted by molar-refractivity contribution is -0.167. The number of carbonyl (C=O) groups excluding carboxylic acids is 3. The molecule has 0 N–H and O–H groups in total. The molecule has 45 heavy (non-hydrogen) atoms. The molecule has 1 unspecified atom stereocenters. The molecule has 0 aromatic heterocycles. The van der Waals surface area contributed by atoms with Gasteiger partial charge in [0.25, 0.3) is 0 Å². The average molecular weight is 635 g/mol. The lowest BCUT2D eigenvalue weighted by Gasteiger charge is -2.18. The Morgan fingerprint density at radius 3 is 1.27 bits per heavy atom. The summed E-state index contributed by atoms with van der Waals surface area (Å²) in [5.74, 6) is -0.914. The molecule has 0 spiro atoms. The Balaban J connectivity index is 4.36. The molecule has 0 aliphatic carbocycles. The van der Waals surface area contributed by atoms with Gasteiger partial charge >= 0.3 is 17.9 Å². The van der Waals surface area contributed by atoms with Gasteiger partial charge in [-0.25, -0.2) is 0 Å². The fourth-order valence-electron chi connectivity index (χ4n) is 5.01. The Hall–Kier alpha value is -2.11. The highest BCUT2D eigenvalue weighted by molar-refractivity contribution is 5.71. The van der Waals surface area contributed by atoms with E-state index in [1.807, 2.05) is 0 Å². The van der Waals surface area contributed by atoms with Gasteiger partial charge in [0.05, 0.1) is 0 Å². The minimum absolute atomic E-state index is 0.0773. The number of hydrogen-bond acceptors (Lipinski definition) is 6. The van der Waals surface area contributed by atoms with Crippen molar-refractivity contribution in [3.8, 4) is 0 Å². The average Bonchev–Trinajstić information content (AvgIpc) is 3.03. The first-order valence-electron chi connectivity index (χ1n) is 18.8. The fraction of sp³-hybridized carbons (Fsp3) is 0.821. The highest BCUT2D eigenvalue weighted by Gasteiger charge is 2.19. The van der Waals surface area contributed by atoms with Crippen LogP contribution in [0.4, 0.5) is 0 Å². The first-order valence-corrected chi connectivity index (χ1v) is 18.8. The largest absolute Gasteiger partial charge is 0.462 e. The third kappa shape index (κ3) is 33.1. The Labute approximate surface area is 277 Å². The predicted octanol–water partition coefficient (Wildman–Crippen LogP) is 11.3. The molecule has 6 nitrogen and oxygen atoms in total. The Morgan fingerprint density at radius 1 is 0.422 bits per heavy atom. The molecule has 0 aliphatic heterocycles. The maximum atomic E-state index is 12.5. The van der Waals surface area contributed by atoms with E-state index in [0.29, 0.717) is 19.3 Å². The van der Waals surface area contributed by atoms with Gasteiger partial charge in [-0.2, -0.15) is 0 Å². The maximum Gasteiger partial charge on any atom is 0.306 e. The van der Waals surface area contributed by atoms with E-state index in [0.717, 1.165) is 83.5 Å².